The Kier molecular flexibility index (Phi) is 5.96. The molecular weight excluding hydrogens is 360 g/mol. The highest BCUT2D eigenvalue weighted by Gasteiger charge is 2.19. The highest BCUT2D eigenvalue weighted by atomic mass is 32.2. The van der Waals surface area contributed by atoms with Gasteiger partial charge in [-0.15, -0.1) is 0 Å². The number of nitrogens with two attached hydrogens (primary N) is 1. The third-order valence-corrected chi connectivity index (χ3v) is 4.30. The van der Waals surface area contributed by atoms with Gasteiger partial charge in [0.25, 0.3) is 5.91 Å². The van der Waals surface area contributed by atoms with Crippen LogP contribution in [0.3, 0.4) is 0 Å². The van der Waals surface area contributed by atoms with Crippen molar-refractivity contribution in [2.24, 2.45) is 5.14 Å². The van der Waals surface area contributed by atoms with Crippen LogP contribution in [-0.2, 0) is 19.6 Å². The van der Waals surface area contributed by atoms with E-state index in [9.17, 15) is 18.0 Å². The minimum absolute atomic E-state index is 0.0985. The molecule has 2 rings (SSSR count). The molecule has 0 radical (unpaired) electrons. The number of sulfonamides is 1. The number of ether oxygens (including phenoxy) is 2. The second-order valence-corrected chi connectivity index (χ2v) is 6.96. The van der Waals surface area contributed by atoms with Crippen molar-refractivity contribution < 1.29 is 27.5 Å². The lowest BCUT2D eigenvalue weighted by molar-refractivity contribution is -0.119. The number of benzene rings is 2. The molecule has 0 heterocycles. The Hall–Kier alpha value is -2.91. The van der Waals surface area contributed by atoms with Crippen LogP contribution >= 0.6 is 0 Å². The van der Waals surface area contributed by atoms with Crippen LogP contribution in [0.4, 0.5) is 5.69 Å². The monoisotopic (exact) mass is 378 g/mol. The quantitative estimate of drug-likeness (QED) is 0.733. The molecule has 0 aliphatic carbocycles. The van der Waals surface area contributed by atoms with Crippen LogP contribution in [0.1, 0.15) is 15.9 Å². The summed E-state index contributed by atoms with van der Waals surface area (Å²) in [7, 11) is -2.69. The maximum atomic E-state index is 12.2. The number of rotatable bonds is 6. The summed E-state index contributed by atoms with van der Waals surface area (Å²) in [5, 5.41) is 7.63. The van der Waals surface area contributed by atoms with E-state index in [0.29, 0.717) is 5.69 Å². The van der Waals surface area contributed by atoms with Crippen LogP contribution in [0.2, 0.25) is 0 Å². The summed E-state index contributed by atoms with van der Waals surface area (Å²) in [5.74, 6) is -1.35. The van der Waals surface area contributed by atoms with Crippen LogP contribution in [0, 0.1) is 6.92 Å². The van der Waals surface area contributed by atoms with Crippen molar-refractivity contribution in [3.8, 4) is 5.75 Å². The van der Waals surface area contributed by atoms with Gasteiger partial charge < -0.3 is 14.8 Å². The lowest BCUT2D eigenvalue weighted by Crippen LogP contribution is -2.21. The molecule has 0 fully saturated rings. The van der Waals surface area contributed by atoms with Gasteiger partial charge in [-0.3, -0.25) is 4.79 Å². The Labute approximate surface area is 151 Å². The molecule has 2 aromatic carbocycles. The fraction of sp³-hybridized carbons (Fsp3) is 0.176. The van der Waals surface area contributed by atoms with Crippen LogP contribution in [0.25, 0.3) is 0 Å². The Bertz CT molecular complexity index is 923. The van der Waals surface area contributed by atoms with Gasteiger partial charge in [0, 0.05) is 5.69 Å². The number of primary sulfonamides is 1. The first kappa shape index (κ1) is 19.4. The normalized spacial score (nSPS) is 10.9. The molecule has 0 aliphatic heterocycles. The number of carbonyl (C=O) groups is 2. The van der Waals surface area contributed by atoms with E-state index in [0.717, 1.165) is 11.6 Å². The summed E-state index contributed by atoms with van der Waals surface area (Å²) in [6, 6.07) is 10.6. The predicted octanol–water partition coefficient (Wildman–Crippen LogP) is 1.45. The number of amides is 1. The Balaban J connectivity index is 2.07. The summed E-state index contributed by atoms with van der Waals surface area (Å²) in [6.07, 6.45) is 0. The summed E-state index contributed by atoms with van der Waals surface area (Å²) in [4.78, 5) is 23.8. The first-order chi connectivity index (χ1) is 12.2. The SMILES string of the molecule is COc1ccc(S(N)(=O)=O)cc1C(=O)OCC(=O)Nc1ccc(C)cc1. The fourth-order valence-electron chi connectivity index (χ4n) is 2.07. The minimum atomic E-state index is -4.00. The third-order valence-electron chi connectivity index (χ3n) is 3.39. The van der Waals surface area contributed by atoms with E-state index in [-0.39, 0.29) is 16.2 Å². The van der Waals surface area contributed by atoms with E-state index in [4.69, 9.17) is 14.6 Å². The second-order valence-electron chi connectivity index (χ2n) is 5.40. The highest BCUT2D eigenvalue weighted by Crippen LogP contribution is 2.22. The van der Waals surface area contributed by atoms with Gasteiger partial charge in [0.05, 0.1) is 12.0 Å². The Morgan fingerprint density at radius 1 is 1.12 bits per heavy atom. The Morgan fingerprint density at radius 3 is 2.35 bits per heavy atom. The van der Waals surface area contributed by atoms with E-state index >= 15 is 0 Å². The number of aryl methyl sites for hydroxylation is 1. The van der Waals surface area contributed by atoms with E-state index in [2.05, 4.69) is 5.32 Å². The summed E-state index contributed by atoms with van der Waals surface area (Å²) in [6.45, 7) is 1.37. The van der Waals surface area contributed by atoms with Crippen molar-refractivity contribution >= 4 is 27.6 Å². The molecule has 0 unspecified atom stereocenters. The number of nitrogens with one attached hydrogen (secondary N) is 1. The van der Waals surface area contributed by atoms with Gasteiger partial charge in [-0.25, -0.2) is 18.4 Å². The van der Waals surface area contributed by atoms with E-state index in [1.807, 2.05) is 19.1 Å². The van der Waals surface area contributed by atoms with E-state index < -0.39 is 28.5 Å². The molecule has 0 bridgehead atoms. The third kappa shape index (κ3) is 5.04. The van der Waals surface area contributed by atoms with E-state index in [1.54, 1.807) is 12.1 Å². The molecule has 3 N–H and O–H groups in total. The zero-order valence-corrected chi connectivity index (χ0v) is 15.0. The van der Waals surface area contributed by atoms with Crippen LogP contribution < -0.4 is 15.2 Å². The highest BCUT2D eigenvalue weighted by molar-refractivity contribution is 7.89. The number of carbonyl (C=O) groups excluding carboxylic acids is 2. The molecule has 2 aromatic rings. The topological polar surface area (TPSA) is 125 Å². The summed E-state index contributed by atoms with van der Waals surface area (Å²) < 4.78 is 32.8. The lowest BCUT2D eigenvalue weighted by Gasteiger charge is -2.10. The predicted molar refractivity (Wildman–Crippen MR) is 94.5 cm³/mol. The Morgan fingerprint density at radius 2 is 1.77 bits per heavy atom. The van der Waals surface area contributed by atoms with Gasteiger partial charge in [-0.2, -0.15) is 0 Å². The van der Waals surface area contributed by atoms with Gasteiger partial charge in [0.1, 0.15) is 11.3 Å². The van der Waals surface area contributed by atoms with Gasteiger partial charge in [0.2, 0.25) is 10.0 Å². The first-order valence-corrected chi connectivity index (χ1v) is 9.00. The van der Waals surface area contributed by atoms with Crippen molar-refractivity contribution in [3.63, 3.8) is 0 Å². The zero-order valence-electron chi connectivity index (χ0n) is 14.2. The molecular formula is C17H18N2O6S. The number of hydrogen-bond donors (Lipinski definition) is 2. The standard InChI is InChI=1S/C17H18N2O6S/c1-11-3-5-12(6-4-11)19-16(20)10-25-17(21)14-9-13(26(18,22)23)7-8-15(14)24-2/h3-9H,10H2,1-2H3,(H,19,20)(H2,18,22,23). The maximum absolute atomic E-state index is 12.2. The molecule has 0 saturated carbocycles. The number of hydrogen-bond acceptors (Lipinski definition) is 6. The average molecular weight is 378 g/mol. The van der Waals surface area contributed by atoms with E-state index in [1.165, 1.54) is 19.2 Å². The van der Waals surface area contributed by atoms with Crippen molar-refractivity contribution in [2.45, 2.75) is 11.8 Å². The smallest absolute Gasteiger partial charge is 0.342 e. The second kappa shape index (κ2) is 7.98. The molecule has 1 amide bonds. The molecule has 0 aliphatic rings. The molecule has 8 nitrogen and oxygen atoms in total. The zero-order chi connectivity index (χ0) is 19.3. The minimum Gasteiger partial charge on any atom is -0.496 e. The molecule has 138 valence electrons. The van der Waals surface area contributed by atoms with Crippen LogP contribution in [-0.4, -0.2) is 34.0 Å². The summed E-state index contributed by atoms with van der Waals surface area (Å²) in [5.41, 5.74) is 1.45. The van der Waals surface area contributed by atoms with Crippen molar-refractivity contribution in [3.05, 3.63) is 53.6 Å². The van der Waals surface area contributed by atoms with Crippen LogP contribution in [0.15, 0.2) is 47.4 Å². The number of anilines is 1. The van der Waals surface area contributed by atoms with Crippen LogP contribution in [0.5, 0.6) is 5.75 Å². The molecule has 0 saturated heterocycles. The number of methoxy groups -OCH3 is 1. The largest absolute Gasteiger partial charge is 0.496 e. The van der Waals surface area contributed by atoms with Gasteiger partial charge in [-0.05, 0) is 37.3 Å². The first-order valence-electron chi connectivity index (χ1n) is 7.45. The van der Waals surface area contributed by atoms with Gasteiger partial charge >= 0.3 is 5.97 Å². The molecule has 9 heteroatoms. The fourth-order valence-corrected chi connectivity index (χ4v) is 2.61. The molecule has 26 heavy (non-hydrogen) atoms. The molecule has 0 spiro atoms. The molecule has 0 aromatic heterocycles. The number of esters is 1. The lowest BCUT2D eigenvalue weighted by atomic mass is 10.2. The van der Waals surface area contributed by atoms with Crippen molar-refractivity contribution in [1.82, 2.24) is 0 Å². The van der Waals surface area contributed by atoms with Gasteiger partial charge in [0.15, 0.2) is 6.61 Å². The van der Waals surface area contributed by atoms with Gasteiger partial charge in [-0.1, -0.05) is 17.7 Å². The average Bonchev–Trinajstić information content (AvgIpc) is 2.60. The summed E-state index contributed by atoms with van der Waals surface area (Å²) >= 11 is 0. The molecule has 0 atom stereocenters. The maximum Gasteiger partial charge on any atom is 0.342 e. The van der Waals surface area contributed by atoms with Crippen molar-refractivity contribution in [2.75, 3.05) is 19.0 Å². The van der Waals surface area contributed by atoms with Crippen molar-refractivity contribution in [1.29, 1.82) is 0 Å².